The first-order chi connectivity index (χ1) is 26.2. The number of aliphatic hydroxyl groups is 11. The number of hydrogen-bond donors (Lipinski definition) is 15. The molecule has 0 aromatic rings. The average Bonchev–Trinajstić information content (AvgIpc) is 3.13. The van der Waals surface area contributed by atoms with Gasteiger partial charge in [-0.2, -0.15) is 12.6 Å². The predicted molar refractivity (Wildman–Crippen MR) is 180 cm³/mol. The zero-order chi connectivity index (χ0) is 42.0. The molecule has 0 radical (unpaired) electrons. The molecule has 4 aliphatic heterocycles. The summed E-state index contributed by atoms with van der Waals surface area (Å²) in [4.78, 5) is 37.3. The van der Waals surface area contributed by atoms with Gasteiger partial charge in [-0.25, -0.2) is 4.79 Å². The molecule has 0 aromatic carbocycles. The SMILES string of the molecule is CC(=O)N[C@@H]1[C@@H](O[C@H]2[C@@H](O)[C@@H](C)O[C@H](O)[C@@H]2O)[C@H](O)O[C@H](CO)[C@H]1O[C@H]1O[C@H](CS)[C@H](O)[C@H](O[C@]2(C(=O)O)C[C@H](O)[C@@H](NC(C)=O)[C@H]([C@H](O)[C@H](O)CO)O2)[C@H]1O. The van der Waals surface area contributed by atoms with Crippen LogP contribution in [-0.4, -0.2) is 226 Å². The largest absolute Gasteiger partial charge is 0.477 e. The van der Waals surface area contributed by atoms with E-state index in [0.717, 1.165) is 13.8 Å². The highest BCUT2D eigenvalue weighted by molar-refractivity contribution is 7.80. The quantitative estimate of drug-likeness (QED) is 0.0722. The van der Waals surface area contributed by atoms with Crippen molar-refractivity contribution >= 4 is 30.4 Å². The normalized spacial score (nSPS) is 45.7. The molecule has 24 nitrogen and oxygen atoms in total. The van der Waals surface area contributed by atoms with E-state index in [4.69, 9.17) is 33.2 Å². The number of aliphatic carboxylic acids is 1. The summed E-state index contributed by atoms with van der Waals surface area (Å²) >= 11 is 4.15. The first-order valence-corrected chi connectivity index (χ1v) is 18.2. The summed E-state index contributed by atoms with van der Waals surface area (Å²) < 4.78 is 39.5. The van der Waals surface area contributed by atoms with Crippen LogP contribution in [0, 0.1) is 0 Å². The molecule has 2 amide bonds. The van der Waals surface area contributed by atoms with Crippen molar-refractivity contribution in [2.45, 2.75) is 155 Å². The second-order valence-corrected chi connectivity index (χ2v) is 14.4. The molecule has 0 bridgehead atoms. The zero-order valence-corrected chi connectivity index (χ0v) is 31.2. The van der Waals surface area contributed by atoms with Crippen molar-refractivity contribution in [2.24, 2.45) is 0 Å². The van der Waals surface area contributed by atoms with Crippen LogP contribution in [0.15, 0.2) is 0 Å². The third kappa shape index (κ3) is 9.90. The molecule has 0 aromatic heterocycles. The summed E-state index contributed by atoms with van der Waals surface area (Å²) in [6, 6.07) is -3.15. The number of rotatable bonds is 14. The van der Waals surface area contributed by atoms with Crippen LogP contribution in [0.5, 0.6) is 0 Å². The fourth-order valence-electron chi connectivity index (χ4n) is 7.08. The average molecular weight is 837 g/mol. The molecule has 0 aliphatic carbocycles. The van der Waals surface area contributed by atoms with E-state index in [-0.39, 0.29) is 5.75 Å². The minimum atomic E-state index is -3.05. The minimum Gasteiger partial charge on any atom is -0.477 e. The Bertz CT molecular complexity index is 1330. The predicted octanol–water partition coefficient (Wildman–Crippen LogP) is -8.29. The van der Waals surface area contributed by atoms with Gasteiger partial charge in [0.25, 0.3) is 5.79 Å². The zero-order valence-electron chi connectivity index (χ0n) is 30.3. The van der Waals surface area contributed by atoms with Crippen LogP contribution in [-0.2, 0) is 47.5 Å². The number of hydrogen-bond acceptors (Lipinski definition) is 22. The Kier molecular flexibility index (Phi) is 16.2. The third-order valence-corrected chi connectivity index (χ3v) is 10.3. The van der Waals surface area contributed by atoms with E-state index in [1.165, 1.54) is 6.92 Å². The van der Waals surface area contributed by atoms with Gasteiger partial charge >= 0.3 is 5.97 Å². The number of ether oxygens (including phenoxy) is 7. The number of carbonyl (C=O) groups is 3. The highest BCUT2D eigenvalue weighted by Crippen LogP contribution is 2.39. The first kappa shape index (κ1) is 46.7. The summed E-state index contributed by atoms with van der Waals surface area (Å²) in [5, 5.41) is 132. The monoisotopic (exact) mass is 836 g/mol. The number of carbonyl (C=O) groups excluding carboxylic acids is 2. The summed E-state index contributed by atoms with van der Waals surface area (Å²) in [5.74, 6) is -6.91. The van der Waals surface area contributed by atoms with Gasteiger partial charge in [0.1, 0.15) is 73.2 Å². The number of aliphatic hydroxyl groups excluding tert-OH is 11. The maximum absolute atomic E-state index is 12.9. The maximum Gasteiger partial charge on any atom is 0.364 e. The molecule has 25 heteroatoms. The Labute approximate surface area is 324 Å². The van der Waals surface area contributed by atoms with Gasteiger partial charge in [-0.15, -0.1) is 0 Å². The van der Waals surface area contributed by atoms with Crippen LogP contribution in [0.2, 0.25) is 0 Å². The molecule has 0 saturated carbocycles. The Hall–Kier alpha value is -1.96. The molecule has 4 rings (SSSR count). The lowest BCUT2D eigenvalue weighted by molar-refractivity contribution is -0.380. The second-order valence-electron chi connectivity index (χ2n) is 14.0. The van der Waals surface area contributed by atoms with Gasteiger partial charge in [0.15, 0.2) is 18.9 Å². The summed E-state index contributed by atoms with van der Waals surface area (Å²) in [6.45, 7) is 1.46. The van der Waals surface area contributed by atoms with E-state index in [1.807, 2.05) is 0 Å². The standard InChI is InChI=1S/C31H52N2O22S/c1-8-17(40)25(20(43)27(45)49-8)52-24-16(33-10(3)37)22(13(6-35)50-28(24)46)53-29-21(44)26(19(42)14(7-56)51-29)55-31(30(47)48)4-11(38)15(32-9(2)36)23(54-31)18(41)12(39)5-34/h8,11-29,34-35,38-46,56H,4-7H2,1-3H3,(H,32,36)(H,33,37)(H,47,48)/t8-,11+,12-,13-,14-,15-,16+,17+,18-,19+,20-,21-,22-,23-,24-,25+,26+,27+,28-,29-,31+/m1/s1. The molecule has 4 fully saturated rings. The topological polar surface area (TPSA) is 383 Å². The lowest BCUT2D eigenvalue weighted by Gasteiger charge is -2.51. The van der Waals surface area contributed by atoms with Gasteiger partial charge in [0.05, 0.1) is 43.6 Å². The molecule has 0 spiro atoms. The van der Waals surface area contributed by atoms with Crippen LogP contribution in [0.1, 0.15) is 27.2 Å². The van der Waals surface area contributed by atoms with Crippen molar-refractivity contribution in [3.63, 3.8) is 0 Å². The van der Waals surface area contributed by atoms with E-state index in [0.29, 0.717) is 0 Å². The Morgan fingerprint density at radius 3 is 1.96 bits per heavy atom. The van der Waals surface area contributed by atoms with Crippen molar-refractivity contribution in [1.82, 2.24) is 10.6 Å². The highest BCUT2D eigenvalue weighted by Gasteiger charge is 2.60. The number of amides is 2. The van der Waals surface area contributed by atoms with Crippen molar-refractivity contribution in [2.75, 3.05) is 19.0 Å². The summed E-state index contributed by atoms with van der Waals surface area (Å²) in [5.41, 5.74) is 0. The molecule has 21 atom stereocenters. The molecule has 4 saturated heterocycles. The fraction of sp³-hybridized carbons (Fsp3) is 0.903. The number of carboxylic acid groups (broad SMARTS) is 1. The van der Waals surface area contributed by atoms with Gasteiger partial charge < -0.3 is 105 Å². The van der Waals surface area contributed by atoms with Crippen molar-refractivity contribution < 1.29 is 109 Å². The van der Waals surface area contributed by atoms with Crippen molar-refractivity contribution in [3.05, 3.63) is 0 Å². The van der Waals surface area contributed by atoms with Crippen LogP contribution >= 0.6 is 12.6 Å². The Morgan fingerprint density at radius 1 is 0.786 bits per heavy atom. The van der Waals surface area contributed by atoms with Gasteiger partial charge in [-0.05, 0) is 6.92 Å². The minimum absolute atomic E-state index is 0.351. The highest BCUT2D eigenvalue weighted by atomic mass is 32.1. The van der Waals surface area contributed by atoms with Crippen LogP contribution in [0.4, 0.5) is 0 Å². The van der Waals surface area contributed by atoms with Crippen molar-refractivity contribution in [3.8, 4) is 0 Å². The number of thiol groups is 1. The van der Waals surface area contributed by atoms with E-state index in [9.17, 15) is 75.7 Å². The molecular weight excluding hydrogens is 784 g/mol. The number of carboxylic acids is 1. The lowest BCUT2D eigenvalue weighted by Crippen LogP contribution is -2.71. The van der Waals surface area contributed by atoms with Gasteiger partial charge in [0, 0.05) is 26.0 Å². The van der Waals surface area contributed by atoms with E-state index in [1.54, 1.807) is 0 Å². The maximum atomic E-state index is 12.9. The van der Waals surface area contributed by atoms with Crippen LogP contribution < -0.4 is 10.6 Å². The molecule has 4 heterocycles. The van der Waals surface area contributed by atoms with Crippen molar-refractivity contribution in [1.29, 1.82) is 0 Å². The third-order valence-electron chi connectivity index (χ3n) is 9.96. The molecule has 14 N–H and O–H groups in total. The van der Waals surface area contributed by atoms with Crippen LogP contribution in [0.3, 0.4) is 0 Å². The molecule has 0 unspecified atom stereocenters. The summed E-state index contributed by atoms with van der Waals surface area (Å²) in [6.07, 6.45) is -33.8. The molecule has 324 valence electrons. The fourth-order valence-corrected chi connectivity index (χ4v) is 7.38. The Balaban J connectivity index is 1.69. The van der Waals surface area contributed by atoms with Crippen LogP contribution in [0.25, 0.3) is 0 Å². The number of nitrogens with one attached hydrogen (secondary N) is 2. The van der Waals surface area contributed by atoms with E-state index in [2.05, 4.69) is 23.3 Å². The van der Waals surface area contributed by atoms with E-state index < -0.39 is 166 Å². The molecule has 56 heavy (non-hydrogen) atoms. The summed E-state index contributed by atoms with van der Waals surface area (Å²) in [7, 11) is 0. The lowest BCUT2D eigenvalue weighted by atomic mass is 9.88. The molecular formula is C31H52N2O22S. The van der Waals surface area contributed by atoms with Gasteiger partial charge in [-0.3, -0.25) is 9.59 Å². The second kappa shape index (κ2) is 19.4. The van der Waals surface area contributed by atoms with Gasteiger partial charge in [0.2, 0.25) is 11.8 Å². The first-order valence-electron chi connectivity index (χ1n) is 17.6. The van der Waals surface area contributed by atoms with Gasteiger partial charge in [-0.1, -0.05) is 0 Å². The Morgan fingerprint density at radius 2 is 1.41 bits per heavy atom. The van der Waals surface area contributed by atoms with E-state index >= 15 is 0 Å². The smallest absolute Gasteiger partial charge is 0.364 e. The molecule has 4 aliphatic rings.